The summed E-state index contributed by atoms with van der Waals surface area (Å²) in [6.45, 7) is 3.89. The fourth-order valence-electron chi connectivity index (χ4n) is 3.13. The molecule has 1 aliphatic rings. The third-order valence-corrected chi connectivity index (χ3v) is 5.53. The molecule has 0 saturated heterocycles. The van der Waals surface area contributed by atoms with Crippen molar-refractivity contribution in [1.82, 2.24) is 0 Å². The first kappa shape index (κ1) is 28.1. The highest BCUT2D eigenvalue weighted by molar-refractivity contribution is 7.87. The van der Waals surface area contributed by atoms with Gasteiger partial charge in [0.2, 0.25) is 0 Å². The van der Waals surface area contributed by atoms with E-state index in [-0.39, 0.29) is 12.8 Å². The molecule has 32 heavy (non-hydrogen) atoms. The first-order chi connectivity index (χ1) is 14.2. The van der Waals surface area contributed by atoms with Crippen LogP contribution >= 0.6 is 0 Å². The lowest BCUT2D eigenvalue weighted by atomic mass is 9.77. The van der Waals surface area contributed by atoms with E-state index in [2.05, 4.69) is 16.1 Å². The van der Waals surface area contributed by atoms with E-state index in [1.54, 1.807) is 0 Å². The van der Waals surface area contributed by atoms with Gasteiger partial charge in [-0.1, -0.05) is 25.8 Å². The van der Waals surface area contributed by atoms with Gasteiger partial charge < -0.3 is 9.47 Å². The molecule has 1 unspecified atom stereocenters. The zero-order chi connectivity index (χ0) is 25.3. The Kier molecular flexibility index (Phi) is 7.99. The molecule has 1 aliphatic carbocycles. The second-order valence-corrected chi connectivity index (χ2v) is 8.58. The summed E-state index contributed by atoms with van der Waals surface area (Å²) in [5.74, 6) is -7.39. The average Bonchev–Trinajstić information content (AvgIpc) is 2.61. The molecule has 0 aromatic heterocycles. The van der Waals surface area contributed by atoms with Crippen LogP contribution in [-0.2, 0) is 29.2 Å². The van der Waals surface area contributed by atoms with Crippen molar-refractivity contribution in [3.63, 3.8) is 0 Å². The first-order valence-corrected chi connectivity index (χ1v) is 10.2. The minimum absolute atomic E-state index is 0.0761. The smallest absolute Gasteiger partial charge is 0.454 e. The van der Waals surface area contributed by atoms with Crippen molar-refractivity contribution in [2.75, 3.05) is 0 Å². The van der Waals surface area contributed by atoms with Crippen molar-refractivity contribution < 1.29 is 67.2 Å². The fourth-order valence-corrected chi connectivity index (χ4v) is 3.38. The fraction of sp³-hybridized carbons (Fsp3) is 0.750. The SMILES string of the molecule is C=C(C)C(=O)OC(C1CCCCC1)C(OC(=O)C(F)(F)S(=O)(=O)O)(C(F)(F)F)C(F)(F)F. The zero-order valence-corrected chi connectivity index (χ0v) is 17.0. The molecule has 1 fully saturated rings. The third-order valence-electron chi connectivity index (χ3n) is 4.72. The molecule has 0 aromatic carbocycles. The van der Waals surface area contributed by atoms with Gasteiger partial charge in [0, 0.05) is 11.5 Å². The lowest BCUT2D eigenvalue weighted by molar-refractivity contribution is -0.398. The van der Waals surface area contributed by atoms with Gasteiger partial charge in [0.25, 0.3) is 0 Å². The van der Waals surface area contributed by atoms with E-state index < -0.39 is 75.7 Å². The van der Waals surface area contributed by atoms with E-state index in [1.807, 2.05) is 0 Å². The molecule has 186 valence electrons. The minimum Gasteiger partial charge on any atom is -0.454 e. The molecule has 16 heteroatoms. The second-order valence-electron chi connectivity index (χ2n) is 7.12. The van der Waals surface area contributed by atoms with Crippen molar-refractivity contribution >= 4 is 22.1 Å². The summed E-state index contributed by atoms with van der Waals surface area (Å²) in [4.78, 5) is 23.4. The molecule has 0 bridgehead atoms. The summed E-state index contributed by atoms with van der Waals surface area (Å²) in [5, 5.41) is -6.19. The molecule has 0 heterocycles. The Balaban J connectivity index is 3.81. The molecular weight excluding hydrogens is 488 g/mol. The van der Waals surface area contributed by atoms with Crippen LogP contribution in [0.3, 0.4) is 0 Å². The number of hydrogen-bond acceptors (Lipinski definition) is 6. The van der Waals surface area contributed by atoms with E-state index in [1.165, 1.54) is 0 Å². The molecule has 0 spiro atoms. The monoisotopic (exact) mass is 506 g/mol. The van der Waals surface area contributed by atoms with Gasteiger partial charge in [-0.2, -0.15) is 43.5 Å². The van der Waals surface area contributed by atoms with Crippen LogP contribution in [0.1, 0.15) is 39.0 Å². The van der Waals surface area contributed by atoms with Crippen LogP contribution in [0.5, 0.6) is 0 Å². The summed E-state index contributed by atoms with van der Waals surface area (Å²) < 4.78 is 148. The largest absolute Gasteiger partial charge is 0.465 e. The maximum Gasteiger partial charge on any atom is 0.465 e. The second kappa shape index (κ2) is 9.11. The van der Waals surface area contributed by atoms with Crippen molar-refractivity contribution in [1.29, 1.82) is 0 Å². The van der Waals surface area contributed by atoms with Gasteiger partial charge in [-0.3, -0.25) is 4.55 Å². The Morgan fingerprint density at radius 1 is 0.969 bits per heavy atom. The van der Waals surface area contributed by atoms with Crippen LogP contribution in [0.25, 0.3) is 0 Å². The number of rotatable bonds is 7. The number of ether oxygens (including phenoxy) is 2. The highest BCUT2D eigenvalue weighted by atomic mass is 32.2. The number of carbonyl (C=O) groups excluding carboxylic acids is 2. The maximum absolute atomic E-state index is 13.9. The first-order valence-electron chi connectivity index (χ1n) is 8.78. The topological polar surface area (TPSA) is 107 Å². The molecule has 0 amide bonds. The van der Waals surface area contributed by atoms with Gasteiger partial charge in [-0.15, -0.1) is 0 Å². The highest BCUT2D eigenvalue weighted by Gasteiger charge is 2.81. The maximum atomic E-state index is 13.9. The third kappa shape index (κ3) is 5.32. The minimum atomic E-state index is -6.82. The Labute approximate surface area is 176 Å². The Morgan fingerprint density at radius 2 is 1.41 bits per heavy atom. The number of esters is 2. The van der Waals surface area contributed by atoms with Gasteiger partial charge in [-0.05, 0) is 19.8 Å². The molecule has 0 aliphatic heterocycles. The van der Waals surface area contributed by atoms with Crippen LogP contribution in [0, 0.1) is 5.92 Å². The quantitative estimate of drug-likeness (QED) is 0.241. The summed E-state index contributed by atoms with van der Waals surface area (Å²) >= 11 is 0. The average molecular weight is 506 g/mol. The number of hydrogen-bond donors (Lipinski definition) is 1. The Bertz CT molecular complexity index is 827. The lowest BCUT2D eigenvalue weighted by Gasteiger charge is -2.45. The van der Waals surface area contributed by atoms with Crippen LogP contribution in [0.2, 0.25) is 0 Å². The molecular formula is C16H18F8O7S. The predicted molar refractivity (Wildman–Crippen MR) is 88.7 cm³/mol. The summed E-state index contributed by atoms with van der Waals surface area (Å²) in [7, 11) is -6.82. The standard InChI is InChI=1S/C16H18F8O7S/c1-8(2)11(25)30-10(9-6-4-3-5-7-9)13(15(19,20)21,16(22,23)24)31-12(26)14(17,18)32(27,28)29/h9-10H,1,3-7H2,2H3,(H,27,28,29). The molecule has 1 N–H and O–H groups in total. The highest BCUT2D eigenvalue weighted by Crippen LogP contribution is 2.53. The molecule has 1 atom stereocenters. The summed E-state index contributed by atoms with van der Waals surface area (Å²) in [5.41, 5.74) is -6.53. The van der Waals surface area contributed by atoms with E-state index >= 15 is 0 Å². The van der Waals surface area contributed by atoms with Crippen LogP contribution in [0.4, 0.5) is 35.1 Å². The number of alkyl halides is 8. The van der Waals surface area contributed by atoms with Crippen LogP contribution in [0.15, 0.2) is 12.2 Å². The Morgan fingerprint density at radius 3 is 1.75 bits per heavy atom. The zero-order valence-electron chi connectivity index (χ0n) is 16.2. The van der Waals surface area contributed by atoms with Crippen molar-refractivity contribution in [3.05, 3.63) is 12.2 Å². The van der Waals surface area contributed by atoms with E-state index in [0.717, 1.165) is 6.92 Å². The lowest BCUT2D eigenvalue weighted by Crippen LogP contribution is -2.70. The van der Waals surface area contributed by atoms with Gasteiger partial charge >= 0.3 is 45.3 Å². The van der Waals surface area contributed by atoms with Gasteiger partial charge in [0.1, 0.15) is 0 Å². The normalized spacial score (nSPS) is 18.1. The van der Waals surface area contributed by atoms with Crippen LogP contribution in [-0.4, -0.2) is 54.2 Å². The molecule has 1 saturated carbocycles. The van der Waals surface area contributed by atoms with Gasteiger partial charge in [0.05, 0.1) is 0 Å². The summed E-state index contributed by atoms with van der Waals surface area (Å²) in [6, 6.07) is 0. The Hall–Kier alpha value is -1.97. The van der Waals surface area contributed by atoms with Gasteiger partial charge in [0.15, 0.2) is 6.10 Å². The predicted octanol–water partition coefficient (Wildman–Crippen LogP) is 3.94. The molecule has 7 nitrogen and oxygen atoms in total. The van der Waals surface area contributed by atoms with Gasteiger partial charge in [-0.25, -0.2) is 9.59 Å². The molecule has 0 radical (unpaired) electrons. The number of halogens is 8. The van der Waals surface area contributed by atoms with E-state index in [0.29, 0.717) is 6.42 Å². The van der Waals surface area contributed by atoms with Crippen molar-refractivity contribution in [2.45, 2.75) is 68.3 Å². The van der Waals surface area contributed by atoms with E-state index in [9.17, 15) is 53.1 Å². The number of carbonyl (C=O) groups is 2. The summed E-state index contributed by atoms with van der Waals surface area (Å²) in [6.07, 6.45) is -17.1. The van der Waals surface area contributed by atoms with Crippen molar-refractivity contribution in [3.8, 4) is 0 Å². The van der Waals surface area contributed by atoms with Crippen molar-refractivity contribution in [2.24, 2.45) is 5.92 Å². The molecule has 1 rings (SSSR count). The molecule has 0 aromatic rings. The van der Waals surface area contributed by atoms with E-state index in [4.69, 9.17) is 4.55 Å². The van der Waals surface area contributed by atoms with Crippen LogP contribution < -0.4 is 0 Å².